The van der Waals surface area contributed by atoms with Gasteiger partial charge in [0, 0.05) is 23.7 Å². The number of esters is 1. The predicted octanol–water partition coefficient (Wildman–Crippen LogP) is 3.00. The van der Waals surface area contributed by atoms with Crippen LogP contribution in [-0.4, -0.2) is 47.6 Å². The fraction of sp³-hybridized carbons (Fsp3) is 0.870. The van der Waals surface area contributed by atoms with Crippen molar-refractivity contribution < 1.29 is 28.6 Å². The molecule has 0 aromatic heterocycles. The molecule has 7 atom stereocenters. The molecule has 160 valence electrons. The Morgan fingerprint density at radius 3 is 2.45 bits per heavy atom. The maximum atomic E-state index is 13.4. The van der Waals surface area contributed by atoms with Gasteiger partial charge in [-0.3, -0.25) is 14.4 Å². The molecule has 2 spiro atoms. The number of rotatable bonds is 7. The van der Waals surface area contributed by atoms with Crippen molar-refractivity contribution in [3.63, 3.8) is 0 Å². The van der Waals surface area contributed by atoms with E-state index in [-0.39, 0.29) is 34.8 Å². The Balaban J connectivity index is 1.38. The smallest absolute Gasteiger partial charge is 0.306 e. The third-order valence-corrected chi connectivity index (χ3v) is 8.68. The molecule has 3 aliphatic carbocycles. The predicted molar refractivity (Wildman–Crippen MR) is 103 cm³/mol. The van der Waals surface area contributed by atoms with Crippen molar-refractivity contribution in [2.75, 3.05) is 6.61 Å². The number of ether oxygens (including phenoxy) is 3. The second-order valence-corrected chi connectivity index (χ2v) is 10.7. The zero-order valence-corrected chi connectivity index (χ0v) is 17.9. The molecule has 0 N–H and O–H groups in total. The van der Waals surface area contributed by atoms with Gasteiger partial charge < -0.3 is 14.2 Å². The summed E-state index contributed by atoms with van der Waals surface area (Å²) in [7, 11) is 0. The largest absolute Gasteiger partial charge is 0.461 e. The van der Waals surface area contributed by atoms with E-state index in [2.05, 4.69) is 20.8 Å². The molecule has 0 aromatic carbocycles. The number of carbonyl (C=O) groups excluding carboxylic acids is 3. The molecule has 29 heavy (non-hydrogen) atoms. The molecule has 5 rings (SSSR count). The minimum Gasteiger partial charge on any atom is -0.461 e. The van der Waals surface area contributed by atoms with Crippen molar-refractivity contribution in [2.45, 2.75) is 96.1 Å². The van der Waals surface area contributed by atoms with E-state index in [4.69, 9.17) is 14.2 Å². The van der Waals surface area contributed by atoms with E-state index >= 15 is 0 Å². The van der Waals surface area contributed by atoms with E-state index in [1.807, 2.05) is 6.92 Å². The van der Waals surface area contributed by atoms with Gasteiger partial charge in [-0.2, -0.15) is 0 Å². The number of epoxide rings is 2. The van der Waals surface area contributed by atoms with Crippen molar-refractivity contribution in [1.29, 1.82) is 0 Å². The summed E-state index contributed by atoms with van der Waals surface area (Å²) < 4.78 is 17.6. The average molecular weight is 405 g/mol. The Kier molecular flexibility index (Phi) is 4.01. The maximum Gasteiger partial charge on any atom is 0.306 e. The van der Waals surface area contributed by atoms with Crippen molar-refractivity contribution in [1.82, 2.24) is 0 Å². The first-order valence-electron chi connectivity index (χ1n) is 11.3. The highest BCUT2D eigenvalue weighted by molar-refractivity contribution is 6.14. The van der Waals surface area contributed by atoms with Crippen LogP contribution in [0.15, 0.2) is 0 Å². The molecular weight excluding hydrogens is 372 g/mol. The summed E-state index contributed by atoms with van der Waals surface area (Å²) in [6.45, 7) is 8.62. The first kappa shape index (κ1) is 19.7. The third kappa shape index (κ3) is 2.17. The summed E-state index contributed by atoms with van der Waals surface area (Å²) in [6.07, 6.45) is 5.36. The van der Waals surface area contributed by atoms with E-state index in [0.29, 0.717) is 19.4 Å². The highest BCUT2D eigenvalue weighted by Gasteiger charge is 2.98. The fourth-order valence-electron chi connectivity index (χ4n) is 7.08. The molecule has 2 saturated heterocycles. The monoisotopic (exact) mass is 404 g/mol. The van der Waals surface area contributed by atoms with E-state index < -0.39 is 28.8 Å². The summed E-state index contributed by atoms with van der Waals surface area (Å²) in [5, 5.41) is 0. The normalized spacial score (nSPS) is 47.9. The van der Waals surface area contributed by atoms with Crippen LogP contribution >= 0.6 is 0 Å². The highest BCUT2D eigenvalue weighted by Crippen LogP contribution is 2.79. The maximum absolute atomic E-state index is 13.4. The van der Waals surface area contributed by atoms with Crippen LogP contribution in [-0.2, 0) is 28.6 Å². The SMILES string of the molecule is CCCCCCCC(=O)O[C@H]1[C@@H]2[C@@H](CC1(C)C)C(=O)[C@]13O[C@H]1C(=O)[C@]1(CO1)[C@]23C. The fourth-order valence-corrected chi connectivity index (χ4v) is 7.08. The van der Waals surface area contributed by atoms with Crippen molar-refractivity contribution in [2.24, 2.45) is 22.7 Å². The lowest BCUT2D eigenvalue weighted by molar-refractivity contribution is -0.163. The van der Waals surface area contributed by atoms with Crippen LogP contribution < -0.4 is 0 Å². The van der Waals surface area contributed by atoms with Crippen LogP contribution in [0.4, 0.5) is 0 Å². The summed E-state index contributed by atoms with van der Waals surface area (Å²) >= 11 is 0. The van der Waals surface area contributed by atoms with Crippen molar-refractivity contribution in [3.05, 3.63) is 0 Å². The molecule has 2 heterocycles. The molecule has 6 nitrogen and oxygen atoms in total. The second kappa shape index (κ2) is 5.91. The van der Waals surface area contributed by atoms with E-state index in [1.165, 1.54) is 12.8 Å². The van der Waals surface area contributed by atoms with E-state index in [9.17, 15) is 14.4 Å². The molecule has 2 aliphatic heterocycles. The van der Waals surface area contributed by atoms with Crippen LogP contribution in [0.3, 0.4) is 0 Å². The topological polar surface area (TPSA) is 85.5 Å². The molecule has 0 radical (unpaired) electrons. The molecule has 5 fully saturated rings. The Bertz CT molecular complexity index is 782. The second-order valence-electron chi connectivity index (χ2n) is 10.7. The van der Waals surface area contributed by atoms with Gasteiger partial charge in [0.15, 0.2) is 28.9 Å². The minimum atomic E-state index is -1.04. The molecule has 5 aliphatic rings. The summed E-state index contributed by atoms with van der Waals surface area (Å²) in [5.74, 6) is -0.718. The lowest BCUT2D eigenvalue weighted by atomic mass is 9.65. The highest BCUT2D eigenvalue weighted by atomic mass is 16.7. The molecule has 0 aromatic rings. The van der Waals surface area contributed by atoms with Crippen molar-refractivity contribution in [3.8, 4) is 0 Å². The van der Waals surface area contributed by atoms with Gasteiger partial charge in [0.1, 0.15) is 6.10 Å². The summed E-state index contributed by atoms with van der Waals surface area (Å²) in [5.41, 5.74) is -3.03. The number of carbonyl (C=O) groups is 3. The molecule has 0 unspecified atom stereocenters. The van der Waals surface area contributed by atoms with Gasteiger partial charge in [-0.25, -0.2) is 0 Å². The first-order chi connectivity index (χ1) is 13.7. The number of ketones is 2. The Labute approximate surface area is 172 Å². The Hall–Kier alpha value is -1.27. The number of unbranched alkanes of at least 4 members (excludes halogenated alkanes) is 4. The minimum absolute atomic E-state index is 0.0296. The molecule has 3 saturated carbocycles. The van der Waals surface area contributed by atoms with Gasteiger partial charge in [-0.15, -0.1) is 0 Å². The number of Topliss-reactive ketones (excluding diaryl/α,β-unsaturated/α-hetero) is 2. The van der Waals surface area contributed by atoms with E-state index in [0.717, 1.165) is 19.3 Å². The van der Waals surface area contributed by atoms with Gasteiger partial charge in [0.05, 0.1) is 12.0 Å². The summed E-state index contributed by atoms with van der Waals surface area (Å²) in [4.78, 5) is 39.0. The number of hydrogen-bond donors (Lipinski definition) is 0. The van der Waals surface area contributed by atoms with Crippen LogP contribution in [0.1, 0.15) is 72.6 Å². The zero-order valence-electron chi connectivity index (χ0n) is 17.9. The van der Waals surface area contributed by atoms with Gasteiger partial charge >= 0.3 is 5.97 Å². The van der Waals surface area contributed by atoms with Gasteiger partial charge in [0.2, 0.25) is 0 Å². The molecular formula is C23H32O6. The van der Waals surface area contributed by atoms with Gasteiger partial charge in [-0.05, 0) is 12.8 Å². The number of hydrogen-bond acceptors (Lipinski definition) is 6. The average Bonchev–Trinajstić information content (AvgIpc) is 3.55. The van der Waals surface area contributed by atoms with E-state index in [1.54, 1.807) is 0 Å². The number of fused-ring (bicyclic) bond motifs is 3. The third-order valence-electron chi connectivity index (χ3n) is 8.68. The van der Waals surface area contributed by atoms with Crippen LogP contribution in [0.25, 0.3) is 0 Å². The van der Waals surface area contributed by atoms with Crippen LogP contribution in [0.2, 0.25) is 0 Å². The van der Waals surface area contributed by atoms with Gasteiger partial charge in [-0.1, -0.05) is 53.4 Å². The van der Waals surface area contributed by atoms with Crippen LogP contribution in [0, 0.1) is 22.7 Å². The lowest BCUT2D eigenvalue weighted by Gasteiger charge is -2.40. The lowest BCUT2D eigenvalue weighted by Crippen LogP contribution is -2.53. The Morgan fingerprint density at radius 1 is 1.10 bits per heavy atom. The van der Waals surface area contributed by atoms with Gasteiger partial charge in [0.25, 0.3) is 0 Å². The molecule has 6 heteroatoms. The standard InChI is InChI=1S/C23H32O6/c1-5-6-7-8-9-10-14(24)28-18-15-13(11-20(18,2)3)16(25)23-19(29-23)17(26)22(12-27-22)21(15,23)4/h13,15,18-19H,5-12H2,1-4H3/t13-,15+,18+,19+,21+,22-,23+/m1/s1. The molecule has 0 bridgehead atoms. The first-order valence-corrected chi connectivity index (χ1v) is 11.3. The van der Waals surface area contributed by atoms with Crippen molar-refractivity contribution >= 4 is 17.5 Å². The summed E-state index contributed by atoms with van der Waals surface area (Å²) in [6, 6.07) is 0. The molecule has 0 amide bonds. The quantitative estimate of drug-likeness (QED) is 0.368. The van der Waals surface area contributed by atoms with Crippen LogP contribution in [0.5, 0.6) is 0 Å². The zero-order chi connectivity index (χ0) is 20.8. The Morgan fingerprint density at radius 2 is 1.79 bits per heavy atom.